The van der Waals surface area contributed by atoms with Crippen molar-refractivity contribution < 1.29 is 11.4 Å². The lowest BCUT2D eigenvalue weighted by Gasteiger charge is -2.34. The minimum atomic E-state index is -1.89. The van der Waals surface area contributed by atoms with Gasteiger partial charge in [0, 0.05) is 70.2 Å². The Hall–Kier alpha value is -0.923. The molecule has 242 valence electrons. The van der Waals surface area contributed by atoms with Gasteiger partial charge in [-0.15, -0.1) is 0 Å². The Morgan fingerprint density at radius 3 is 2.26 bits per heavy atom. The zero-order chi connectivity index (χ0) is 33.0. The van der Waals surface area contributed by atoms with Gasteiger partial charge in [-0.3, -0.25) is 14.8 Å². The van der Waals surface area contributed by atoms with E-state index in [0.29, 0.717) is 16.6 Å². The average molecular weight is 730 g/mol. The highest BCUT2D eigenvalue weighted by atomic mass is 35.5. The molecule has 46 heavy (non-hydrogen) atoms. The molecule has 5 rings (SSSR count). The summed E-state index contributed by atoms with van der Waals surface area (Å²) >= 11 is 15.0. The van der Waals surface area contributed by atoms with E-state index in [1.54, 1.807) is 0 Å². The van der Waals surface area contributed by atoms with Crippen LogP contribution in [0.1, 0.15) is 35.8 Å². The second-order valence-electron chi connectivity index (χ2n) is 12.5. The summed E-state index contributed by atoms with van der Waals surface area (Å²) in [5, 5.41) is 2.11. The van der Waals surface area contributed by atoms with E-state index in [-0.39, 0.29) is 12.2 Å². The Morgan fingerprint density at radius 1 is 0.891 bits per heavy atom. The molecule has 2 unspecified atom stereocenters. The standard InChI is InChI=1S/C28H30Cl3N4O3.5CH3.3Al/c1-18(23-15-21(30)3-6-26(23)37)33-9-11-35-13-12-34(28(35)24-16-22(31)4-7-27(24)38)10-8-32-17-19-14-20(29)2-5-25(19)36;;;;;;;;/h2-7,14-18,28,36-38H,8-13H2,1H3;5*1H3;;;/q-1;;;;;;2*+1;+2/p-3. The first-order valence-electron chi connectivity index (χ1n) is 16.1. The molecular weight excluding hydrogens is 688 g/mol. The summed E-state index contributed by atoms with van der Waals surface area (Å²) in [4.78, 5) is 9.87. The van der Waals surface area contributed by atoms with Crippen molar-refractivity contribution in [3.63, 3.8) is 0 Å². The van der Waals surface area contributed by atoms with Crippen LogP contribution in [0.2, 0.25) is 44.0 Å². The first-order valence-corrected chi connectivity index (χ1v) is 25.0. The maximum atomic E-state index is 6.91. The molecule has 7 nitrogen and oxygen atoms in total. The molecule has 2 aliphatic heterocycles. The van der Waals surface area contributed by atoms with E-state index in [9.17, 15) is 0 Å². The van der Waals surface area contributed by atoms with Crippen LogP contribution in [0.25, 0.3) is 0 Å². The molecule has 2 heterocycles. The number of hydrogen-bond acceptors (Lipinski definition) is 7. The second kappa shape index (κ2) is 16.7. The average Bonchev–Trinajstić information content (AvgIpc) is 3.41. The van der Waals surface area contributed by atoms with E-state index < -0.39 is 43.7 Å². The van der Waals surface area contributed by atoms with Crippen LogP contribution in [-0.2, 0) is 0 Å². The highest BCUT2D eigenvalue weighted by Crippen LogP contribution is 2.40. The fraction of sp³-hybridized carbons (Fsp3) is 0.424. The molecule has 0 spiro atoms. The summed E-state index contributed by atoms with van der Waals surface area (Å²) in [5.74, 6) is 13.6. The number of aliphatic imine (C=N–C) groups is 1. The van der Waals surface area contributed by atoms with E-state index in [4.69, 9.17) is 51.2 Å². The van der Waals surface area contributed by atoms with Gasteiger partial charge in [-0.2, -0.15) is 0 Å². The predicted octanol–water partition coefficient (Wildman–Crippen LogP) is 8.22. The van der Waals surface area contributed by atoms with Crippen molar-refractivity contribution in [2.24, 2.45) is 4.99 Å². The molecule has 0 saturated carbocycles. The van der Waals surface area contributed by atoms with E-state index in [2.05, 4.69) is 61.7 Å². The summed E-state index contributed by atoms with van der Waals surface area (Å²) < 4.78 is 21.9. The number of rotatable bonds is 10. The minimum absolute atomic E-state index is 0.0503. The Kier molecular flexibility index (Phi) is 13.2. The molecule has 0 amide bonds. The van der Waals surface area contributed by atoms with Gasteiger partial charge in [0.25, 0.3) is 0 Å². The lowest BCUT2D eigenvalue weighted by molar-refractivity contribution is 0.132. The quantitative estimate of drug-likeness (QED) is 0.155. The number of benzene rings is 3. The van der Waals surface area contributed by atoms with Gasteiger partial charge in [-0.25, -0.2) is 0 Å². The Labute approximate surface area is 303 Å². The van der Waals surface area contributed by atoms with Crippen molar-refractivity contribution in [2.45, 2.75) is 48.1 Å². The van der Waals surface area contributed by atoms with Gasteiger partial charge in [0.2, 0.25) is 0 Å². The largest absolute Gasteiger partial charge is 0.665 e. The molecule has 0 radical (unpaired) electrons. The van der Waals surface area contributed by atoms with Crippen molar-refractivity contribution in [3.8, 4) is 17.2 Å². The summed E-state index contributed by atoms with van der Waals surface area (Å²) in [6, 6.07) is 17.9. The van der Waals surface area contributed by atoms with Crippen LogP contribution in [0.15, 0.2) is 59.6 Å². The van der Waals surface area contributed by atoms with Crippen LogP contribution in [0.5, 0.6) is 17.2 Å². The van der Waals surface area contributed by atoms with Gasteiger partial charge in [0.15, 0.2) is 0 Å². The van der Waals surface area contributed by atoms with Gasteiger partial charge < -0.3 is 15.2 Å². The van der Waals surface area contributed by atoms with Gasteiger partial charge in [0.05, 0.1) is 30.0 Å². The van der Waals surface area contributed by atoms with Crippen LogP contribution < -0.4 is 11.4 Å². The topological polar surface area (TPSA) is 49.8 Å². The third kappa shape index (κ3) is 9.19. The number of hydrogen-bond donors (Lipinski definition) is 0. The van der Waals surface area contributed by atoms with Crippen LogP contribution in [0, 0.1) is 0 Å². The molecule has 1 fully saturated rings. The van der Waals surface area contributed by atoms with Crippen molar-refractivity contribution in [1.82, 2.24) is 13.7 Å². The van der Waals surface area contributed by atoms with E-state index in [1.165, 1.54) is 0 Å². The molecule has 0 aliphatic carbocycles. The van der Waals surface area contributed by atoms with Crippen molar-refractivity contribution in [1.29, 1.82) is 0 Å². The van der Waals surface area contributed by atoms with Gasteiger partial charge in [-0.05, 0) is 68.1 Å². The Balaban J connectivity index is 1.37. The Morgan fingerprint density at radius 2 is 1.52 bits per heavy atom. The second-order valence-corrected chi connectivity index (χ2v) is 20.6. The number of nitrogens with zero attached hydrogens (tertiary/aromatic N) is 4. The molecule has 0 N–H and O–H groups in total. The van der Waals surface area contributed by atoms with Crippen LogP contribution in [0.3, 0.4) is 0 Å². The fourth-order valence-electron chi connectivity index (χ4n) is 6.32. The van der Waals surface area contributed by atoms with Crippen LogP contribution in [0.4, 0.5) is 0 Å². The molecule has 3 aromatic rings. The van der Waals surface area contributed by atoms with Gasteiger partial charge >= 0.3 is 43.7 Å². The minimum Gasteiger partial charge on any atom is -0.643 e. The fourth-order valence-corrected chi connectivity index (χ4v) is 10.3. The first kappa shape index (κ1) is 36.4. The maximum absolute atomic E-state index is 6.91. The summed E-state index contributed by atoms with van der Waals surface area (Å²) in [6.07, 6.45) is 1.94. The molecule has 13 heteroatoms. The van der Waals surface area contributed by atoms with E-state index >= 15 is 0 Å². The van der Waals surface area contributed by atoms with Gasteiger partial charge in [0.1, 0.15) is 0 Å². The lowest BCUT2D eigenvalue weighted by Crippen LogP contribution is -2.46. The molecule has 2 atom stereocenters. The zero-order valence-electron chi connectivity index (χ0n) is 27.6. The SMILES string of the molecule is CC(c1cc(Cl)ccc1[O][Al]([CH3])[CH3])[N]1CCN2CCN(CCN=Cc3cc(Cl)ccc3[O][Al]([CH3])[CH3])C2c2cc(Cl)ccc2[O][Al]1[CH3]. The number of fused-ring (bicyclic) bond motifs is 3. The van der Waals surface area contributed by atoms with Crippen LogP contribution in [-0.4, -0.2) is 103 Å². The van der Waals surface area contributed by atoms with Crippen LogP contribution >= 0.6 is 34.8 Å². The van der Waals surface area contributed by atoms with Crippen molar-refractivity contribution in [2.75, 3.05) is 39.3 Å². The molecular formula is C33H42Al3Cl3N4O3. The molecule has 3 aromatic carbocycles. The third-order valence-corrected chi connectivity index (χ3v) is 12.8. The molecule has 2 aliphatic rings. The molecule has 1 saturated heterocycles. The molecule has 0 bridgehead atoms. The number of halogens is 3. The highest BCUT2D eigenvalue weighted by Gasteiger charge is 2.40. The zero-order valence-corrected chi connectivity index (χ0v) is 33.3. The first-order chi connectivity index (χ1) is 22.0. The monoisotopic (exact) mass is 728 g/mol. The van der Waals surface area contributed by atoms with E-state index in [1.807, 2.05) is 48.7 Å². The van der Waals surface area contributed by atoms with Crippen molar-refractivity contribution in [3.05, 3.63) is 86.4 Å². The summed E-state index contributed by atoms with van der Waals surface area (Å²) in [6.45, 7) is 7.37. The predicted molar refractivity (Wildman–Crippen MR) is 196 cm³/mol. The normalized spacial score (nSPS) is 18.3. The van der Waals surface area contributed by atoms with E-state index in [0.717, 1.165) is 71.7 Å². The van der Waals surface area contributed by atoms with Crippen molar-refractivity contribution >= 4 is 84.7 Å². The molecule has 0 aromatic heterocycles. The lowest BCUT2D eigenvalue weighted by atomic mass is 10.1. The summed E-state index contributed by atoms with van der Waals surface area (Å²) in [5.41, 5.74) is 3.16. The third-order valence-electron chi connectivity index (χ3n) is 8.39. The highest BCUT2D eigenvalue weighted by molar-refractivity contribution is 6.50. The smallest absolute Gasteiger partial charge is 0.643 e. The van der Waals surface area contributed by atoms with Gasteiger partial charge in [-0.1, -0.05) is 63.7 Å². The Bertz CT molecular complexity index is 1530. The summed E-state index contributed by atoms with van der Waals surface area (Å²) in [7, 11) is 0. The maximum Gasteiger partial charge on any atom is 0.665 e.